The van der Waals surface area contributed by atoms with E-state index in [0.29, 0.717) is 0 Å². The predicted molar refractivity (Wildman–Crippen MR) is 124 cm³/mol. The topological polar surface area (TPSA) is 0 Å². The van der Waals surface area contributed by atoms with Crippen LogP contribution in [0.15, 0.2) is 84.9 Å². The Kier molecular flexibility index (Phi) is 5.21. The Morgan fingerprint density at radius 1 is 0.393 bits per heavy atom. The highest BCUT2D eigenvalue weighted by Crippen LogP contribution is 2.21. The van der Waals surface area contributed by atoms with Crippen LogP contribution in [-0.4, -0.2) is 0 Å². The monoisotopic (exact) mass is 360 g/mol. The molecule has 4 rings (SSSR count). The summed E-state index contributed by atoms with van der Waals surface area (Å²) in [5.41, 5.74) is 7.46. The number of hydrogen-bond acceptors (Lipinski definition) is 0. The molecule has 0 atom stereocenters. The molecule has 0 radical (unpaired) electrons. The largest absolute Gasteiger partial charge is 0.0587 e. The van der Waals surface area contributed by atoms with Crippen LogP contribution in [0, 0.1) is 13.8 Å². The molecule has 0 amide bonds. The van der Waals surface area contributed by atoms with Gasteiger partial charge in [0.1, 0.15) is 0 Å². The van der Waals surface area contributed by atoms with Crippen LogP contribution in [0.25, 0.3) is 35.1 Å². The molecule has 28 heavy (non-hydrogen) atoms. The molecule has 0 aliphatic rings. The van der Waals surface area contributed by atoms with E-state index >= 15 is 0 Å². The summed E-state index contributed by atoms with van der Waals surface area (Å²) in [5, 5.41) is 2.53. The van der Waals surface area contributed by atoms with Gasteiger partial charge in [0.05, 0.1) is 0 Å². The highest BCUT2D eigenvalue weighted by Gasteiger charge is 1.97. The van der Waals surface area contributed by atoms with E-state index in [9.17, 15) is 0 Å². The van der Waals surface area contributed by atoms with Crippen molar-refractivity contribution in [3.8, 4) is 0 Å². The fraction of sp³-hybridized carbons (Fsp3) is 0.0714. The molecule has 0 bridgehead atoms. The zero-order valence-corrected chi connectivity index (χ0v) is 16.4. The maximum atomic E-state index is 2.24. The van der Waals surface area contributed by atoms with E-state index in [1.807, 2.05) is 0 Å². The molecule has 0 heteroatoms. The number of fused-ring (bicyclic) bond motifs is 1. The SMILES string of the molecule is Cc1ccc(/C=C\c2ccc3cc(/C=C/c4ccc(C)cc4)ccc3c2)cc1. The lowest BCUT2D eigenvalue weighted by atomic mass is 10.0. The maximum Gasteiger partial charge on any atom is -0.0178 e. The first kappa shape index (κ1) is 18.0. The van der Waals surface area contributed by atoms with Crippen LogP contribution in [-0.2, 0) is 0 Å². The van der Waals surface area contributed by atoms with Crippen molar-refractivity contribution < 1.29 is 0 Å². The zero-order valence-electron chi connectivity index (χ0n) is 16.4. The van der Waals surface area contributed by atoms with Gasteiger partial charge in [0.25, 0.3) is 0 Å². The quantitative estimate of drug-likeness (QED) is 0.326. The van der Waals surface area contributed by atoms with Gasteiger partial charge in [0, 0.05) is 0 Å². The third-order valence-electron chi connectivity index (χ3n) is 4.98. The summed E-state index contributed by atoms with van der Waals surface area (Å²) in [7, 11) is 0. The van der Waals surface area contributed by atoms with Gasteiger partial charge in [-0.15, -0.1) is 0 Å². The van der Waals surface area contributed by atoms with Crippen molar-refractivity contribution in [1.82, 2.24) is 0 Å². The van der Waals surface area contributed by atoms with E-state index < -0.39 is 0 Å². The molecular formula is C28H24. The van der Waals surface area contributed by atoms with Gasteiger partial charge in [0.2, 0.25) is 0 Å². The maximum absolute atomic E-state index is 2.24. The van der Waals surface area contributed by atoms with E-state index in [4.69, 9.17) is 0 Å². The smallest absolute Gasteiger partial charge is 0.0178 e. The second-order valence-corrected chi connectivity index (χ2v) is 7.35. The summed E-state index contributed by atoms with van der Waals surface area (Å²) in [4.78, 5) is 0. The molecule has 4 aromatic carbocycles. The number of aryl methyl sites for hydroxylation is 2. The summed E-state index contributed by atoms with van der Waals surface area (Å²) < 4.78 is 0. The van der Waals surface area contributed by atoms with Gasteiger partial charge >= 0.3 is 0 Å². The molecule has 0 saturated heterocycles. The van der Waals surface area contributed by atoms with Crippen molar-refractivity contribution in [2.45, 2.75) is 13.8 Å². The average Bonchev–Trinajstić information content (AvgIpc) is 2.73. The molecule has 0 spiro atoms. The summed E-state index contributed by atoms with van der Waals surface area (Å²) in [6.07, 6.45) is 8.68. The van der Waals surface area contributed by atoms with Crippen molar-refractivity contribution in [3.05, 3.63) is 118 Å². The lowest BCUT2D eigenvalue weighted by Crippen LogP contribution is -1.79. The zero-order chi connectivity index (χ0) is 19.3. The fourth-order valence-corrected chi connectivity index (χ4v) is 3.23. The minimum absolute atomic E-state index is 1.22. The first-order chi connectivity index (χ1) is 13.7. The Hall–Kier alpha value is -3.38. The van der Waals surface area contributed by atoms with Gasteiger partial charge in [-0.25, -0.2) is 0 Å². The van der Waals surface area contributed by atoms with Gasteiger partial charge < -0.3 is 0 Å². The second-order valence-electron chi connectivity index (χ2n) is 7.35. The van der Waals surface area contributed by atoms with Crippen LogP contribution in [0.1, 0.15) is 33.4 Å². The summed E-state index contributed by atoms with van der Waals surface area (Å²) in [6.45, 7) is 4.22. The van der Waals surface area contributed by atoms with Crippen molar-refractivity contribution in [3.63, 3.8) is 0 Å². The van der Waals surface area contributed by atoms with Crippen molar-refractivity contribution >= 4 is 35.1 Å². The Morgan fingerprint density at radius 2 is 0.714 bits per heavy atom. The van der Waals surface area contributed by atoms with Gasteiger partial charge in [-0.05, 0) is 59.0 Å². The minimum Gasteiger partial charge on any atom is -0.0587 e. The number of benzene rings is 4. The van der Waals surface area contributed by atoms with Crippen LogP contribution in [0.2, 0.25) is 0 Å². The van der Waals surface area contributed by atoms with Crippen molar-refractivity contribution in [2.24, 2.45) is 0 Å². The Balaban J connectivity index is 1.53. The Bertz CT molecular complexity index is 1050. The summed E-state index contributed by atoms with van der Waals surface area (Å²) in [5.74, 6) is 0. The standard InChI is InChI=1S/C28H24/c1-21-3-7-23(8-4-21)11-13-25-15-17-28-20-26(16-18-27(28)19-25)14-12-24-9-5-22(2)6-10-24/h3-20H,1-2H3/b13-11-,14-12+. The Labute approximate surface area is 167 Å². The highest BCUT2D eigenvalue weighted by molar-refractivity contribution is 5.88. The number of hydrogen-bond donors (Lipinski definition) is 0. The molecule has 0 aromatic heterocycles. The molecule has 0 saturated carbocycles. The Morgan fingerprint density at radius 3 is 1.11 bits per heavy atom. The van der Waals surface area contributed by atoms with Gasteiger partial charge in [0.15, 0.2) is 0 Å². The summed E-state index contributed by atoms with van der Waals surface area (Å²) >= 11 is 0. The fourth-order valence-electron chi connectivity index (χ4n) is 3.23. The predicted octanol–water partition coefficient (Wildman–Crippen LogP) is 7.80. The van der Waals surface area contributed by atoms with Crippen LogP contribution in [0.3, 0.4) is 0 Å². The third kappa shape index (κ3) is 4.47. The second kappa shape index (κ2) is 8.10. The molecule has 0 aliphatic heterocycles. The van der Waals surface area contributed by atoms with E-state index in [2.05, 4.69) is 123 Å². The first-order valence-electron chi connectivity index (χ1n) is 9.69. The van der Waals surface area contributed by atoms with Crippen LogP contribution >= 0.6 is 0 Å². The van der Waals surface area contributed by atoms with Crippen LogP contribution in [0.4, 0.5) is 0 Å². The molecule has 0 nitrogen and oxygen atoms in total. The van der Waals surface area contributed by atoms with E-state index in [0.717, 1.165) is 0 Å². The molecule has 0 aliphatic carbocycles. The van der Waals surface area contributed by atoms with Crippen LogP contribution in [0.5, 0.6) is 0 Å². The van der Waals surface area contributed by atoms with Crippen molar-refractivity contribution in [1.29, 1.82) is 0 Å². The molecule has 0 N–H and O–H groups in total. The van der Waals surface area contributed by atoms with E-state index in [-0.39, 0.29) is 0 Å². The minimum atomic E-state index is 1.22. The van der Waals surface area contributed by atoms with Gasteiger partial charge in [-0.2, -0.15) is 0 Å². The first-order valence-corrected chi connectivity index (χ1v) is 9.69. The van der Waals surface area contributed by atoms with Gasteiger partial charge in [-0.1, -0.05) is 108 Å². The molecular weight excluding hydrogens is 336 g/mol. The number of rotatable bonds is 4. The lowest BCUT2D eigenvalue weighted by Gasteiger charge is -2.02. The molecule has 0 unspecified atom stereocenters. The average molecular weight is 361 g/mol. The summed E-state index contributed by atoms with van der Waals surface area (Å²) in [6, 6.07) is 30.4. The molecule has 136 valence electrons. The van der Waals surface area contributed by atoms with Crippen LogP contribution < -0.4 is 0 Å². The lowest BCUT2D eigenvalue weighted by molar-refractivity contribution is 1.46. The molecule has 4 aromatic rings. The molecule has 0 fully saturated rings. The van der Waals surface area contributed by atoms with Gasteiger partial charge in [-0.3, -0.25) is 0 Å². The van der Waals surface area contributed by atoms with E-state index in [1.54, 1.807) is 0 Å². The van der Waals surface area contributed by atoms with Crippen molar-refractivity contribution in [2.75, 3.05) is 0 Å². The highest BCUT2D eigenvalue weighted by atomic mass is 14.0. The molecule has 0 heterocycles. The normalized spacial score (nSPS) is 11.6. The van der Waals surface area contributed by atoms with E-state index in [1.165, 1.54) is 44.2 Å². The third-order valence-corrected chi connectivity index (χ3v) is 4.98.